The Bertz CT molecular complexity index is 954. The van der Waals surface area contributed by atoms with Crippen LogP contribution in [0.3, 0.4) is 0 Å². The highest BCUT2D eigenvalue weighted by molar-refractivity contribution is 6.06. The number of carbonyl (C=O) groups excluding carboxylic acids is 4. The second kappa shape index (κ2) is 8.77. The Labute approximate surface area is 174 Å². The van der Waals surface area contributed by atoms with E-state index in [1.807, 2.05) is 18.2 Å². The van der Waals surface area contributed by atoms with Gasteiger partial charge in [-0.3, -0.25) is 19.3 Å². The number of imide groups is 1. The van der Waals surface area contributed by atoms with Crippen molar-refractivity contribution in [3.05, 3.63) is 65.7 Å². The van der Waals surface area contributed by atoms with Gasteiger partial charge in [0.1, 0.15) is 12.1 Å². The zero-order valence-corrected chi connectivity index (χ0v) is 16.8. The lowest BCUT2D eigenvalue weighted by atomic mass is 10.1. The fraction of sp³-hybridized carbons (Fsp3) is 0.273. The van der Waals surface area contributed by atoms with Crippen molar-refractivity contribution in [3.63, 3.8) is 0 Å². The first-order valence-corrected chi connectivity index (χ1v) is 9.51. The summed E-state index contributed by atoms with van der Waals surface area (Å²) in [6, 6.07) is 15.3. The lowest BCUT2D eigenvalue weighted by Crippen LogP contribution is -2.40. The number of esters is 1. The van der Waals surface area contributed by atoms with Gasteiger partial charge >= 0.3 is 12.0 Å². The van der Waals surface area contributed by atoms with Crippen molar-refractivity contribution in [2.45, 2.75) is 32.4 Å². The Hall–Kier alpha value is -3.68. The Kier molecular flexibility index (Phi) is 6.15. The standard InChI is InChI=1S/C22H23N3O5/c1-22(2)20(28)25(21(29)24-22)13-12-18(26)30-14-15-8-10-16(11-9-15)19(27)23-17-6-4-3-5-7-17/h3-11H,12-14H2,1-2H3,(H,23,27)(H,24,29). The zero-order valence-electron chi connectivity index (χ0n) is 16.8. The molecule has 3 rings (SSSR count). The molecule has 0 radical (unpaired) electrons. The molecule has 0 spiro atoms. The summed E-state index contributed by atoms with van der Waals surface area (Å²) in [6.07, 6.45) is -0.0905. The van der Waals surface area contributed by atoms with Crippen molar-refractivity contribution >= 4 is 29.5 Å². The van der Waals surface area contributed by atoms with Crippen LogP contribution in [0.1, 0.15) is 36.2 Å². The lowest BCUT2D eigenvalue weighted by molar-refractivity contribution is -0.145. The lowest BCUT2D eigenvalue weighted by Gasteiger charge is -2.15. The van der Waals surface area contributed by atoms with Crippen molar-refractivity contribution in [2.24, 2.45) is 0 Å². The maximum Gasteiger partial charge on any atom is 0.325 e. The van der Waals surface area contributed by atoms with Crippen LogP contribution < -0.4 is 10.6 Å². The van der Waals surface area contributed by atoms with Gasteiger partial charge in [-0.15, -0.1) is 0 Å². The summed E-state index contributed by atoms with van der Waals surface area (Å²) in [5.74, 6) is -1.13. The number of nitrogens with zero attached hydrogens (tertiary/aromatic N) is 1. The molecule has 0 aliphatic carbocycles. The summed E-state index contributed by atoms with van der Waals surface area (Å²) in [7, 11) is 0. The summed E-state index contributed by atoms with van der Waals surface area (Å²) in [4.78, 5) is 49.1. The Balaban J connectivity index is 1.45. The molecule has 0 aromatic heterocycles. The van der Waals surface area contributed by atoms with Gasteiger partial charge in [0, 0.05) is 17.8 Å². The third-order valence-corrected chi connectivity index (χ3v) is 4.63. The minimum atomic E-state index is -0.963. The number of rotatable bonds is 7. The molecule has 0 unspecified atom stereocenters. The second-order valence-electron chi connectivity index (χ2n) is 7.44. The van der Waals surface area contributed by atoms with E-state index in [0.29, 0.717) is 11.3 Å². The highest BCUT2D eigenvalue weighted by atomic mass is 16.5. The van der Waals surface area contributed by atoms with Crippen LogP contribution >= 0.6 is 0 Å². The van der Waals surface area contributed by atoms with Crippen molar-refractivity contribution in [2.75, 3.05) is 11.9 Å². The van der Waals surface area contributed by atoms with E-state index >= 15 is 0 Å². The molecular weight excluding hydrogens is 386 g/mol. The first-order valence-electron chi connectivity index (χ1n) is 9.51. The van der Waals surface area contributed by atoms with Crippen LogP contribution in [0.5, 0.6) is 0 Å². The molecule has 1 heterocycles. The largest absolute Gasteiger partial charge is 0.461 e. The maximum atomic E-state index is 12.2. The van der Waals surface area contributed by atoms with Crippen LogP contribution in [0.4, 0.5) is 10.5 Å². The van der Waals surface area contributed by atoms with E-state index in [9.17, 15) is 19.2 Å². The Morgan fingerprint density at radius 2 is 1.70 bits per heavy atom. The number of urea groups is 1. The molecule has 1 aliphatic heterocycles. The third-order valence-electron chi connectivity index (χ3n) is 4.63. The summed E-state index contributed by atoms with van der Waals surface area (Å²) in [6.45, 7) is 3.21. The first kappa shape index (κ1) is 21.0. The number of hydrogen-bond donors (Lipinski definition) is 2. The molecule has 1 fully saturated rings. The van der Waals surface area contributed by atoms with Gasteiger partial charge in [0.2, 0.25) is 0 Å². The summed E-state index contributed by atoms with van der Waals surface area (Å²) in [5.41, 5.74) is 0.940. The quantitative estimate of drug-likeness (QED) is 0.540. The fourth-order valence-corrected chi connectivity index (χ4v) is 2.94. The maximum absolute atomic E-state index is 12.2. The fourth-order valence-electron chi connectivity index (χ4n) is 2.94. The number of carbonyl (C=O) groups is 4. The molecule has 4 amide bonds. The second-order valence-corrected chi connectivity index (χ2v) is 7.44. The number of para-hydroxylation sites is 1. The van der Waals surface area contributed by atoms with Crippen LogP contribution in [0.15, 0.2) is 54.6 Å². The molecular formula is C22H23N3O5. The van der Waals surface area contributed by atoms with Crippen LogP contribution in [-0.4, -0.2) is 40.8 Å². The number of nitrogens with one attached hydrogen (secondary N) is 2. The third kappa shape index (κ3) is 5.02. The van der Waals surface area contributed by atoms with Crippen LogP contribution in [-0.2, 0) is 20.9 Å². The van der Waals surface area contributed by atoms with E-state index in [2.05, 4.69) is 10.6 Å². The zero-order chi connectivity index (χ0) is 21.7. The monoisotopic (exact) mass is 409 g/mol. The minimum absolute atomic E-state index is 0.0328. The van der Waals surface area contributed by atoms with E-state index in [-0.39, 0.29) is 31.4 Å². The molecule has 8 heteroatoms. The van der Waals surface area contributed by atoms with Gasteiger partial charge in [0.25, 0.3) is 11.8 Å². The van der Waals surface area contributed by atoms with Crippen molar-refractivity contribution in [1.82, 2.24) is 10.2 Å². The Morgan fingerprint density at radius 1 is 1.03 bits per heavy atom. The molecule has 1 saturated heterocycles. The smallest absolute Gasteiger partial charge is 0.325 e. The number of hydrogen-bond acceptors (Lipinski definition) is 5. The van der Waals surface area contributed by atoms with E-state index in [1.54, 1.807) is 50.2 Å². The van der Waals surface area contributed by atoms with E-state index < -0.39 is 17.5 Å². The van der Waals surface area contributed by atoms with Gasteiger partial charge in [-0.05, 0) is 43.7 Å². The van der Waals surface area contributed by atoms with E-state index in [4.69, 9.17) is 4.74 Å². The van der Waals surface area contributed by atoms with E-state index in [0.717, 1.165) is 10.5 Å². The molecule has 156 valence electrons. The Morgan fingerprint density at radius 3 is 2.30 bits per heavy atom. The highest BCUT2D eigenvalue weighted by Gasteiger charge is 2.44. The number of anilines is 1. The summed E-state index contributed by atoms with van der Waals surface area (Å²) in [5, 5.41) is 5.35. The molecule has 0 saturated carbocycles. The van der Waals surface area contributed by atoms with Crippen molar-refractivity contribution in [3.8, 4) is 0 Å². The van der Waals surface area contributed by atoms with Gasteiger partial charge in [0.15, 0.2) is 0 Å². The average molecular weight is 409 g/mol. The van der Waals surface area contributed by atoms with Gasteiger partial charge in [-0.1, -0.05) is 30.3 Å². The molecule has 2 aromatic rings. The summed E-state index contributed by atoms with van der Waals surface area (Å²) < 4.78 is 5.20. The highest BCUT2D eigenvalue weighted by Crippen LogP contribution is 2.17. The van der Waals surface area contributed by atoms with E-state index in [1.165, 1.54) is 0 Å². The summed E-state index contributed by atoms with van der Waals surface area (Å²) >= 11 is 0. The minimum Gasteiger partial charge on any atom is -0.461 e. The number of benzene rings is 2. The molecule has 8 nitrogen and oxygen atoms in total. The molecule has 0 bridgehead atoms. The van der Waals surface area contributed by atoms with Crippen molar-refractivity contribution < 1.29 is 23.9 Å². The number of amides is 4. The van der Waals surface area contributed by atoms with Gasteiger partial charge in [-0.25, -0.2) is 4.79 Å². The number of ether oxygens (including phenoxy) is 1. The van der Waals surface area contributed by atoms with Crippen LogP contribution in [0.25, 0.3) is 0 Å². The van der Waals surface area contributed by atoms with Crippen LogP contribution in [0.2, 0.25) is 0 Å². The predicted octanol–water partition coefficient (Wildman–Crippen LogP) is 2.70. The molecule has 1 aliphatic rings. The first-order chi connectivity index (χ1) is 14.3. The topological polar surface area (TPSA) is 105 Å². The normalized spacial score (nSPS) is 14.9. The SMILES string of the molecule is CC1(C)NC(=O)N(CCC(=O)OCc2ccc(C(=O)Nc3ccccc3)cc2)C1=O. The van der Waals surface area contributed by atoms with Crippen molar-refractivity contribution in [1.29, 1.82) is 0 Å². The molecule has 2 N–H and O–H groups in total. The van der Waals surface area contributed by atoms with Gasteiger partial charge in [-0.2, -0.15) is 0 Å². The molecule has 0 atom stereocenters. The molecule has 30 heavy (non-hydrogen) atoms. The molecule has 2 aromatic carbocycles. The average Bonchev–Trinajstić information content (AvgIpc) is 2.92. The van der Waals surface area contributed by atoms with Gasteiger partial charge in [0.05, 0.1) is 6.42 Å². The predicted molar refractivity (Wildman–Crippen MR) is 110 cm³/mol. The van der Waals surface area contributed by atoms with Crippen LogP contribution in [0, 0.1) is 0 Å². The van der Waals surface area contributed by atoms with Gasteiger partial charge < -0.3 is 15.4 Å².